The van der Waals surface area contributed by atoms with Crippen molar-refractivity contribution in [2.45, 2.75) is 25.6 Å². The highest BCUT2D eigenvalue weighted by Gasteiger charge is 2.26. The molecule has 39 heavy (non-hydrogen) atoms. The summed E-state index contributed by atoms with van der Waals surface area (Å²) in [5.74, 6) is -5.98. The van der Waals surface area contributed by atoms with Gasteiger partial charge in [-0.3, -0.25) is 4.79 Å². The first kappa shape index (κ1) is 30.4. The number of benzene rings is 3. The molecule has 0 spiro atoms. The molecule has 0 saturated heterocycles. The molecule has 4 rings (SSSR count). The van der Waals surface area contributed by atoms with Crippen molar-refractivity contribution < 1.29 is 72.7 Å². The van der Waals surface area contributed by atoms with Crippen LogP contribution >= 0.6 is 0 Å². The zero-order valence-corrected chi connectivity index (χ0v) is 19.8. The van der Waals surface area contributed by atoms with Crippen LogP contribution in [-0.2, 0) is 11.4 Å². The molecular formula is C24H22F4O11. The Morgan fingerprint density at radius 2 is 1.51 bits per heavy atom. The van der Waals surface area contributed by atoms with Crippen molar-refractivity contribution >= 4 is 6.29 Å². The fourth-order valence-corrected chi connectivity index (χ4v) is 3.41. The lowest BCUT2D eigenvalue weighted by Gasteiger charge is -2.27. The van der Waals surface area contributed by atoms with Crippen molar-refractivity contribution in [1.82, 2.24) is 0 Å². The van der Waals surface area contributed by atoms with Gasteiger partial charge < -0.3 is 45.2 Å². The van der Waals surface area contributed by atoms with E-state index in [4.69, 9.17) is 14.9 Å². The summed E-state index contributed by atoms with van der Waals surface area (Å²) in [6.45, 7) is -3.26. The molecule has 0 fully saturated rings. The molecular weight excluding hydrogens is 540 g/mol. The number of aldehydes is 1. The second-order valence-electron chi connectivity index (χ2n) is 7.62. The van der Waals surface area contributed by atoms with Crippen LogP contribution < -0.4 is 9.47 Å². The molecule has 1 heterocycles. The summed E-state index contributed by atoms with van der Waals surface area (Å²) in [6, 6.07) is 5.84. The first-order valence-corrected chi connectivity index (χ1v) is 10.6. The number of ether oxygens (including phenoxy) is 2. The van der Waals surface area contributed by atoms with Crippen LogP contribution in [0.15, 0.2) is 30.3 Å². The zero-order chi connectivity index (χ0) is 29.4. The number of fused-ring (bicyclic) bond motifs is 1. The third-order valence-corrected chi connectivity index (χ3v) is 5.11. The van der Waals surface area contributed by atoms with Crippen LogP contribution in [0.2, 0.25) is 0 Å². The van der Waals surface area contributed by atoms with Crippen LogP contribution in [0.3, 0.4) is 0 Å². The average Bonchev–Trinajstić information content (AvgIpc) is 2.87. The number of rotatable bonds is 4. The van der Waals surface area contributed by atoms with E-state index in [9.17, 15) is 48.0 Å². The number of carbonyl (C=O) groups excluding carboxylic acids is 1. The van der Waals surface area contributed by atoms with Crippen LogP contribution in [0.25, 0.3) is 0 Å². The Hall–Kier alpha value is -4.79. The molecule has 7 N–H and O–H groups in total. The zero-order valence-electron chi connectivity index (χ0n) is 19.8. The number of hydrogen-bond donors (Lipinski definition) is 7. The highest BCUT2D eigenvalue weighted by Crippen LogP contribution is 2.44. The summed E-state index contributed by atoms with van der Waals surface area (Å²) >= 11 is 0. The normalized spacial score (nSPS) is 13.6. The molecule has 0 radical (unpaired) electrons. The molecule has 1 unspecified atom stereocenters. The van der Waals surface area contributed by atoms with E-state index >= 15 is 0 Å². The lowest BCUT2D eigenvalue weighted by Crippen LogP contribution is -2.15. The van der Waals surface area contributed by atoms with Gasteiger partial charge in [-0.25, -0.2) is 4.39 Å². The predicted octanol–water partition coefficient (Wildman–Crippen LogP) is 4.45. The molecule has 11 nitrogen and oxygen atoms in total. The Balaban J connectivity index is 0.000000261. The van der Waals surface area contributed by atoms with Crippen molar-refractivity contribution in [2.24, 2.45) is 0 Å². The minimum atomic E-state index is -3.26. The fourth-order valence-electron chi connectivity index (χ4n) is 3.41. The van der Waals surface area contributed by atoms with Crippen molar-refractivity contribution in [3.05, 3.63) is 52.8 Å². The third kappa shape index (κ3) is 7.38. The molecule has 0 aliphatic carbocycles. The number of aromatic hydroxyl groups is 7. The maximum Gasteiger partial charge on any atom is 0.387 e. The predicted molar refractivity (Wildman–Crippen MR) is 123 cm³/mol. The van der Waals surface area contributed by atoms with Gasteiger partial charge in [0.2, 0.25) is 5.75 Å². The number of phenolic OH excluding ortho intramolecular Hbond substituents is 7. The minimum absolute atomic E-state index is 0.00712. The molecule has 3 aromatic rings. The molecule has 1 aliphatic heterocycles. The molecule has 0 aromatic heterocycles. The van der Waals surface area contributed by atoms with E-state index in [0.717, 1.165) is 7.11 Å². The number of hydrogen-bond acceptors (Lipinski definition) is 11. The summed E-state index contributed by atoms with van der Waals surface area (Å²) in [5.41, 5.74) is 0.411. The van der Waals surface area contributed by atoms with E-state index < -0.39 is 58.6 Å². The highest BCUT2D eigenvalue weighted by atomic mass is 19.3. The van der Waals surface area contributed by atoms with Gasteiger partial charge >= 0.3 is 6.61 Å². The Morgan fingerprint density at radius 1 is 0.923 bits per heavy atom. The summed E-state index contributed by atoms with van der Waals surface area (Å²) in [7, 11) is 0.958. The standard InChI is InChI=1S/C15H14O6.C8H5F3O4.CH3FO/c16-8-5-10(17)9-1-2-13(21-14(9)6-8)7-3-11(18)15(20)12(19)4-7;9-5-3(2-12)1-4(15-8(10)11)6(13)7(5)14;1-3-2/h3-6,13,16-20H,1-2H2;1-2,8,13-14H;1H3. The summed E-state index contributed by atoms with van der Waals surface area (Å²) in [6.07, 6.45) is 0.576. The van der Waals surface area contributed by atoms with E-state index in [1.54, 1.807) is 0 Å². The van der Waals surface area contributed by atoms with Gasteiger partial charge in [0.25, 0.3) is 0 Å². The SMILES string of the molecule is COF.O=Cc1cc(OC(F)F)c(O)c(O)c1F.Oc1cc(O)c2c(c1)OC(c1cc(O)c(O)c(O)c1)CC2. The largest absolute Gasteiger partial charge is 0.508 e. The van der Waals surface area contributed by atoms with Gasteiger partial charge in [0.05, 0.1) is 12.7 Å². The first-order valence-electron chi connectivity index (χ1n) is 10.6. The monoisotopic (exact) mass is 562 g/mol. The molecule has 1 atom stereocenters. The van der Waals surface area contributed by atoms with Gasteiger partial charge in [0.15, 0.2) is 40.9 Å². The number of alkyl halides is 2. The van der Waals surface area contributed by atoms with Gasteiger partial charge in [-0.2, -0.15) is 13.7 Å². The molecule has 0 saturated carbocycles. The maximum atomic E-state index is 12.9. The molecule has 0 bridgehead atoms. The van der Waals surface area contributed by atoms with E-state index in [1.165, 1.54) is 24.3 Å². The maximum absolute atomic E-state index is 12.9. The third-order valence-electron chi connectivity index (χ3n) is 5.11. The summed E-state index contributed by atoms with van der Waals surface area (Å²) < 4.78 is 55.7. The summed E-state index contributed by atoms with van der Waals surface area (Å²) in [5, 5.41) is 65.6. The Bertz CT molecular complexity index is 1290. The van der Waals surface area contributed by atoms with Gasteiger partial charge in [-0.15, -0.1) is 0 Å². The highest BCUT2D eigenvalue weighted by molar-refractivity contribution is 5.78. The minimum Gasteiger partial charge on any atom is -0.508 e. The number of halogens is 4. The van der Waals surface area contributed by atoms with E-state index in [-0.39, 0.29) is 17.8 Å². The number of carbonyl (C=O) groups is 1. The van der Waals surface area contributed by atoms with E-state index in [2.05, 4.69) is 9.68 Å². The van der Waals surface area contributed by atoms with Gasteiger partial charge in [-0.1, -0.05) is 0 Å². The van der Waals surface area contributed by atoms with Crippen molar-refractivity contribution in [3.8, 4) is 51.7 Å². The quantitative estimate of drug-likeness (QED) is 0.135. The lowest BCUT2D eigenvalue weighted by atomic mass is 9.96. The molecule has 1 aliphatic rings. The topological polar surface area (TPSA) is 186 Å². The average molecular weight is 562 g/mol. The Morgan fingerprint density at radius 3 is 2.05 bits per heavy atom. The molecule has 15 heteroatoms. The van der Waals surface area contributed by atoms with Crippen molar-refractivity contribution in [1.29, 1.82) is 0 Å². The van der Waals surface area contributed by atoms with Gasteiger partial charge in [0.1, 0.15) is 23.4 Å². The second kappa shape index (κ2) is 13.1. The lowest BCUT2D eigenvalue weighted by molar-refractivity contribution is -0.0960. The van der Waals surface area contributed by atoms with Crippen LogP contribution in [0.5, 0.6) is 51.7 Å². The van der Waals surface area contributed by atoms with Crippen molar-refractivity contribution in [2.75, 3.05) is 7.11 Å². The van der Waals surface area contributed by atoms with Crippen molar-refractivity contribution in [3.63, 3.8) is 0 Å². The van der Waals surface area contributed by atoms with Gasteiger partial charge in [-0.05, 0) is 41.1 Å². The summed E-state index contributed by atoms with van der Waals surface area (Å²) in [4.78, 5) is 13.0. The van der Waals surface area contributed by atoms with Crippen LogP contribution in [0.4, 0.5) is 17.7 Å². The molecule has 3 aromatic carbocycles. The van der Waals surface area contributed by atoms with E-state index in [0.29, 0.717) is 35.8 Å². The van der Waals surface area contributed by atoms with E-state index in [1.807, 2.05) is 0 Å². The number of phenols is 7. The van der Waals surface area contributed by atoms with Gasteiger partial charge in [0, 0.05) is 17.7 Å². The molecule has 212 valence electrons. The Kier molecular flexibility index (Phi) is 10.3. The fraction of sp³-hybridized carbons (Fsp3) is 0.208. The van der Waals surface area contributed by atoms with Crippen LogP contribution in [-0.4, -0.2) is 55.8 Å². The second-order valence-corrected chi connectivity index (χ2v) is 7.62. The molecule has 0 amide bonds. The first-order chi connectivity index (χ1) is 18.3. The smallest absolute Gasteiger partial charge is 0.387 e. The van der Waals surface area contributed by atoms with Crippen LogP contribution in [0, 0.1) is 5.82 Å². The van der Waals surface area contributed by atoms with Crippen LogP contribution in [0.1, 0.15) is 34.0 Å². The Labute approximate surface area is 216 Å².